The van der Waals surface area contributed by atoms with Gasteiger partial charge in [0.25, 0.3) is 0 Å². The lowest BCUT2D eigenvalue weighted by Gasteiger charge is -2.11. The summed E-state index contributed by atoms with van der Waals surface area (Å²) in [5.41, 5.74) is 10.3. The smallest absolute Gasteiger partial charge is 0.337 e. The van der Waals surface area contributed by atoms with Crippen molar-refractivity contribution < 1.29 is 9.53 Å². The normalized spacial score (nSPS) is 10.5. The van der Waals surface area contributed by atoms with Gasteiger partial charge in [0.15, 0.2) is 0 Å². The van der Waals surface area contributed by atoms with E-state index in [-0.39, 0.29) is 5.97 Å². The number of aromatic nitrogens is 2. The highest BCUT2D eigenvalue weighted by atomic mass is 16.5. The van der Waals surface area contributed by atoms with E-state index in [9.17, 15) is 4.79 Å². The molecule has 0 fully saturated rings. The molecular weight excluding hydrogens is 242 g/mol. The third-order valence-electron chi connectivity index (χ3n) is 3.36. The van der Waals surface area contributed by atoms with Crippen LogP contribution < -0.4 is 5.73 Å². The fourth-order valence-electron chi connectivity index (χ4n) is 2.03. The summed E-state index contributed by atoms with van der Waals surface area (Å²) in [5, 5.41) is 4.13. The maximum Gasteiger partial charge on any atom is 0.337 e. The zero-order valence-corrected chi connectivity index (χ0v) is 11.5. The molecule has 0 radical (unpaired) electrons. The van der Waals surface area contributed by atoms with Crippen molar-refractivity contribution >= 4 is 11.8 Å². The van der Waals surface area contributed by atoms with Gasteiger partial charge in [0, 0.05) is 12.6 Å². The Morgan fingerprint density at radius 1 is 1.32 bits per heavy atom. The molecule has 1 aromatic heterocycles. The Morgan fingerprint density at radius 2 is 2.00 bits per heavy atom. The van der Waals surface area contributed by atoms with Crippen LogP contribution in [0.1, 0.15) is 21.5 Å². The van der Waals surface area contributed by atoms with E-state index in [0.717, 1.165) is 22.3 Å². The van der Waals surface area contributed by atoms with E-state index in [1.165, 1.54) is 7.11 Å². The van der Waals surface area contributed by atoms with Crippen molar-refractivity contribution in [3.05, 3.63) is 35.0 Å². The van der Waals surface area contributed by atoms with E-state index in [4.69, 9.17) is 10.5 Å². The number of benzene rings is 1. The number of nitrogen functional groups attached to an aromatic ring is 1. The Morgan fingerprint density at radius 3 is 2.53 bits per heavy atom. The van der Waals surface area contributed by atoms with Gasteiger partial charge in [-0.2, -0.15) is 5.10 Å². The number of anilines is 1. The summed E-state index contributed by atoms with van der Waals surface area (Å²) in [6.07, 6.45) is 1.71. The van der Waals surface area contributed by atoms with Crippen LogP contribution >= 0.6 is 0 Å². The van der Waals surface area contributed by atoms with Crippen LogP contribution in [0.25, 0.3) is 11.1 Å². The summed E-state index contributed by atoms with van der Waals surface area (Å²) >= 11 is 0. The number of ether oxygens (including phenoxy) is 1. The average Bonchev–Trinajstić information content (AvgIpc) is 2.72. The number of nitrogens with two attached hydrogens (primary N) is 1. The third kappa shape index (κ3) is 2.19. The molecule has 0 aliphatic rings. The fourth-order valence-corrected chi connectivity index (χ4v) is 2.03. The average molecular weight is 259 g/mol. The van der Waals surface area contributed by atoms with Crippen molar-refractivity contribution in [3.63, 3.8) is 0 Å². The number of carbonyl (C=O) groups is 1. The van der Waals surface area contributed by atoms with Crippen LogP contribution in [0, 0.1) is 13.8 Å². The molecule has 2 rings (SSSR count). The molecule has 0 spiro atoms. The molecule has 0 amide bonds. The first-order valence-corrected chi connectivity index (χ1v) is 5.93. The summed E-state index contributed by atoms with van der Waals surface area (Å²) in [7, 11) is 3.15. The van der Waals surface area contributed by atoms with E-state index < -0.39 is 0 Å². The van der Waals surface area contributed by atoms with Gasteiger partial charge in [-0.15, -0.1) is 0 Å². The van der Waals surface area contributed by atoms with Crippen molar-refractivity contribution in [1.82, 2.24) is 9.78 Å². The van der Waals surface area contributed by atoms with Gasteiger partial charge in [-0.05, 0) is 42.7 Å². The van der Waals surface area contributed by atoms with E-state index >= 15 is 0 Å². The van der Waals surface area contributed by atoms with Gasteiger partial charge >= 0.3 is 5.97 Å². The van der Waals surface area contributed by atoms with Gasteiger partial charge in [-0.1, -0.05) is 0 Å². The summed E-state index contributed by atoms with van der Waals surface area (Å²) < 4.78 is 6.37. The molecule has 5 heteroatoms. The topological polar surface area (TPSA) is 70.1 Å². The van der Waals surface area contributed by atoms with Crippen LogP contribution in [0.5, 0.6) is 0 Å². The van der Waals surface area contributed by atoms with E-state index in [1.807, 2.05) is 19.9 Å². The van der Waals surface area contributed by atoms with E-state index in [2.05, 4.69) is 5.10 Å². The minimum Gasteiger partial charge on any atom is -0.465 e. The highest BCUT2D eigenvalue weighted by molar-refractivity contribution is 5.92. The van der Waals surface area contributed by atoms with Crippen molar-refractivity contribution in [2.75, 3.05) is 12.8 Å². The number of aryl methyl sites for hydroxylation is 2. The molecule has 2 N–H and O–H groups in total. The molecule has 0 aliphatic carbocycles. The lowest BCUT2D eigenvalue weighted by Crippen LogP contribution is -2.04. The van der Waals surface area contributed by atoms with E-state index in [1.54, 1.807) is 24.0 Å². The minimum absolute atomic E-state index is 0.355. The zero-order valence-electron chi connectivity index (χ0n) is 11.5. The maximum absolute atomic E-state index is 11.7. The molecule has 0 aliphatic heterocycles. The van der Waals surface area contributed by atoms with Crippen molar-refractivity contribution in [2.24, 2.45) is 7.05 Å². The largest absolute Gasteiger partial charge is 0.465 e. The third-order valence-corrected chi connectivity index (χ3v) is 3.36. The van der Waals surface area contributed by atoms with Crippen molar-refractivity contribution in [1.29, 1.82) is 0 Å². The number of nitrogens with zero attached hydrogens (tertiary/aromatic N) is 2. The molecule has 5 nitrogen and oxygen atoms in total. The highest BCUT2D eigenvalue weighted by Crippen LogP contribution is 2.31. The first kappa shape index (κ1) is 13.1. The van der Waals surface area contributed by atoms with Crippen LogP contribution in [0.2, 0.25) is 0 Å². The molecule has 1 heterocycles. The quantitative estimate of drug-likeness (QED) is 0.838. The number of rotatable bonds is 2. The molecule has 1 aromatic carbocycles. The molecule has 0 atom stereocenters. The highest BCUT2D eigenvalue weighted by Gasteiger charge is 2.15. The van der Waals surface area contributed by atoms with Crippen molar-refractivity contribution in [2.45, 2.75) is 13.8 Å². The Balaban J connectivity index is 2.66. The number of hydrogen-bond acceptors (Lipinski definition) is 4. The maximum atomic E-state index is 11.7. The zero-order chi connectivity index (χ0) is 14.2. The molecule has 0 saturated carbocycles. The second kappa shape index (κ2) is 4.76. The predicted molar refractivity (Wildman–Crippen MR) is 73.9 cm³/mol. The standard InChI is InChI=1S/C14H17N3O2/c1-8-5-10(14(18)19-4)6-11(9(8)2)12-7-16-17(3)13(12)15/h5-7H,15H2,1-4H3. The van der Waals surface area contributed by atoms with Crippen LogP contribution in [0.4, 0.5) is 5.82 Å². The number of carbonyl (C=O) groups excluding carboxylic acids is 1. The molecular formula is C14H17N3O2. The monoisotopic (exact) mass is 259 g/mol. The Kier molecular flexibility index (Phi) is 3.29. The first-order valence-electron chi connectivity index (χ1n) is 5.93. The Hall–Kier alpha value is -2.30. The molecule has 19 heavy (non-hydrogen) atoms. The van der Waals surface area contributed by atoms with Gasteiger partial charge in [-0.3, -0.25) is 4.68 Å². The van der Waals surface area contributed by atoms with Crippen molar-refractivity contribution in [3.8, 4) is 11.1 Å². The second-order valence-electron chi connectivity index (χ2n) is 4.52. The molecule has 0 bridgehead atoms. The molecule has 100 valence electrons. The predicted octanol–water partition coefficient (Wildman–Crippen LogP) is 2.07. The summed E-state index contributed by atoms with van der Waals surface area (Å²) in [4.78, 5) is 11.7. The van der Waals surface area contributed by atoms with Gasteiger partial charge in [-0.25, -0.2) is 4.79 Å². The SMILES string of the molecule is COC(=O)c1cc(C)c(C)c(-c2cnn(C)c2N)c1. The Bertz CT molecular complexity index is 644. The number of esters is 1. The molecule has 0 saturated heterocycles. The lowest BCUT2D eigenvalue weighted by molar-refractivity contribution is 0.0600. The van der Waals surface area contributed by atoms with Gasteiger partial charge in [0.05, 0.1) is 18.9 Å². The van der Waals surface area contributed by atoms with E-state index in [0.29, 0.717) is 11.4 Å². The minimum atomic E-state index is -0.355. The van der Waals surface area contributed by atoms with Crippen LogP contribution in [0.3, 0.4) is 0 Å². The summed E-state index contributed by atoms with van der Waals surface area (Å²) in [6.45, 7) is 3.95. The van der Waals surface area contributed by atoms with Gasteiger partial charge in [0.2, 0.25) is 0 Å². The molecule has 0 unspecified atom stereocenters. The number of hydrogen-bond donors (Lipinski definition) is 1. The summed E-state index contributed by atoms with van der Waals surface area (Å²) in [5.74, 6) is 0.219. The molecule has 2 aromatic rings. The van der Waals surface area contributed by atoms with Gasteiger partial charge in [0.1, 0.15) is 5.82 Å². The fraction of sp³-hybridized carbons (Fsp3) is 0.286. The first-order chi connectivity index (χ1) is 8.95. The Labute approximate surface area is 112 Å². The van der Waals surface area contributed by atoms with Crippen LogP contribution in [-0.4, -0.2) is 22.9 Å². The summed E-state index contributed by atoms with van der Waals surface area (Å²) in [6, 6.07) is 3.61. The lowest BCUT2D eigenvalue weighted by atomic mass is 9.95. The number of methoxy groups -OCH3 is 1. The van der Waals surface area contributed by atoms with Crippen LogP contribution in [-0.2, 0) is 11.8 Å². The van der Waals surface area contributed by atoms with Gasteiger partial charge < -0.3 is 10.5 Å². The van der Waals surface area contributed by atoms with Crippen LogP contribution in [0.15, 0.2) is 18.3 Å². The second-order valence-corrected chi connectivity index (χ2v) is 4.52.